The Balaban J connectivity index is 1.66. The maximum atomic E-state index is 12.6. The third-order valence-corrected chi connectivity index (χ3v) is 7.27. The molecule has 0 bridgehead atoms. The van der Waals surface area contributed by atoms with Crippen LogP contribution in [0.2, 0.25) is 20.1 Å². The molecule has 0 radical (unpaired) electrons. The number of carbonyl (C=O) groups is 4. The summed E-state index contributed by atoms with van der Waals surface area (Å²) in [5.41, 5.74) is 1.78. The third-order valence-electron chi connectivity index (χ3n) is 4.62. The van der Waals surface area contributed by atoms with Gasteiger partial charge in [-0.25, -0.2) is 0 Å². The second kappa shape index (κ2) is 9.57. The Bertz CT molecular complexity index is 1150. The van der Waals surface area contributed by atoms with Crippen molar-refractivity contribution in [3.8, 4) is 0 Å². The molecule has 0 fully saturated rings. The minimum absolute atomic E-state index is 0.183. The van der Waals surface area contributed by atoms with Gasteiger partial charge in [-0.3, -0.25) is 24.1 Å². The van der Waals surface area contributed by atoms with E-state index < -0.39 is 36.8 Å². The van der Waals surface area contributed by atoms with Gasteiger partial charge in [0.05, 0.1) is 31.2 Å². The quantitative estimate of drug-likeness (QED) is 0.219. The highest BCUT2D eigenvalue weighted by Crippen LogP contribution is 2.44. The molecule has 32 heavy (non-hydrogen) atoms. The summed E-state index contributed by atoms with van der Waals surface area (Å²) in [6, 6.07) is 3.61. The number of halogens is 5. The molecule has 7 nitrogen and oxygen atoms in total. The van der Waals surface area contributed by atoms with Crippen molar-refractivity contribution >= 4 is 91.7 Å². The van der Waals surface area contributed by atoms with Crippen LogP contribution < -0.4 is 5.32 Å². The Morgan fingerprint density at radius 1 is 0.938 bits per heavy atom. The van der Waals surface area contributed by atoms with Crippen molar-refractivity contribution in [3.05, 3.63) is 58.9 Å². The van der Waals surface area contributed by atoms with Crippen molar-refractivity contribution in [1.29, 1.82) is 0 Å². The maximum absolute atomic E-state index is 12.6. The minimum Gasteiger partial charge on any atom is -0.454 e. The molecule has 0 spiro atoms. The van der Waals surface area contributed by atoms with Gasteiger partial charge in [0.1, 0.15) is 6.54 Å². The molecule has 0 aliphatic carbocycles. The summed E-state index contributed by atoms with van der Waals surface area (Å²) >= 11 is 27.4. The Labute approximate surface area is 211 Å². The number of carbonyl (C=O) groups excluding carboxylic acids is 4. The highest BCUT2D eigenvalue weighted by molar-refractivity contribution is 9.10. The van der Waals surface area contributed by atoms with Crippen LogP contribution in [-0.2, 0) is 14.3 Å². The molecule has 1 aliphatic heterocycles. The summed E-state index contributed by atoms with van der Waals surface area (Å²) in [7, 11) is 0. The van der Waals surface area contributed by atoms with Crippen molar-refractivity contribution in [2.24, 2.45) is 0 Å². The lowest BCUT2D eigenvalue weighted by Gasteiger charge is -2.14. The van der Waals surface area contributed by atoms with Crippen LogP contribution in [-0.4, -0.2) is 41.7 Å². The second-order valence-electron chi connectivity index (χ2n) is 6.83. The summed E-state index contributed by atoms with van der Waals surface area (Å²) in [4.78, 5) is 50.2. The number of fused-ring (bicyclic) bond motifs is 1. The lowest BCUT2D eigenvalue weighted by atomic mass is 10.1. The van der Waals surface area contributed by atoms with Crippen LogP contribution in [0.1, 0.15) is 31.8 Å². The molecule has 3 rings (SSSR count). The number of nitrogens with zero attached hydrogens (tertiary/aromatic N) is 1. The van der Waals surface area contributed by atoms with Gasteiger partial charge in [-0.1, -0.05) is 62.3 Å². The summed E-state index contributed by atoms with van der Waals surface area (Å²) in [5, 5.41) is 1.78. The van der Waals surface area contributed by atoms with E-state index in [0.29, 0.717) is 10.6 Å². The number of hydrogen-bond acceptors (Lipinski definition) is 5. The fraction of sp³-hybridized carbons (Fsp3) is 0.200. The van der Waals surface area contributed by atoms with Crippen molar-refractivity contribution in [3.63, 3.8) is 0 Å². The molecule has 3 amide bonds. The number of nitrogens with one attached hydrogen (secondary N) is 1. The fourth-order valence-corrected chi connectivity index (χ4v) is 4.43. The van der Waals surface area contributed by atoms with E-state index in [1.165, 1.54) is 0 Å². The molecule has 0 saturated heterocycles. The van der Waals surface area contributed by atoms with Gasteiger partial charge in [-0.15, -0.1) is 0 Å². The van der Waals surface area contributed by atoms with Crippen LogP contribution in [0, 0.1) is 13.8 Å². The second-order valence-corrected chi connectivity index (χ2v) is 9.19. The van der Waals surface area contributed by atoms with Gasteiger partial charge in [0.2, 0.25) is 0 Å². The number of esters is 1. The Morgan fingerprint density at radius 3 is 2.00 bits per heavy atom. The molecule has 1 N–H and O–H groups in total. The molecule has 2 aromatic carbocycles. The number of amides is 3. The zero-order valence-corrected chi connectivity index (χ0v) is 21.1. The van der Waals surface area contributed by atoms with Gasteiger partial charge in [0.25, 0.3) is 17.7 Å². The molecule has 168 valence electrons. The molecule has 12 heteroatoms. The van der Waals surface area contributed by atoms with Gasteiger partial charge in [-0.2, -0.15) is 0 Å². The summed E-state index contributed by atoms with van der Waals surface area (Å²) in [6.45, 7) is 2.30. The number of hydrogen-bond donors (Lipinski definition) is 1. The molecular formula is C20H13BrCl4N2O5. The van der Waals surface area contributed by atoms with E-state index >= 15 is 0 Å². The predicted molar refractivity (Wildman–Crippen MR) is 125 cm³/mol. The van der Waals surface area contributed by atoms with Crippen LogP contribution in [0.4, 0.5) is 5.69 Å². The Kier molecular flexibility index (Phi) is 7.41. The number of anilines is 1. The van der Waals surface area contributed by atoms with Gasteiger partial charge >= 0.3 is 5.97 Å². The third kappa shape index (κ3) is 4.61. The summed E-state index contributed by atoms with van der Waals surface area (Å²) < 4.78 is 5.80. The monoisotopic (exact) mass is 580 g/mol. The molecule has 0 atom stereocenters. The smallest absolute Gasteiger partial charge is 0.326 e. The Morgan fingerprint density at radius 2 is 1.47 bits per heavy atom. The maximum Gasteiger partial charge on any atom is 0.326 e. The van der Waals surface area contributed by atoms with E-state index in [4.69, 9.17) is 51.1 Å². The van der Waals surface area contributed by atoms with Crippen molar-refractivity contribution in [1.82, 2.24) is 4.90 Å². The fourth-order valence-electron chi connectivity index (χ4n) is 2.96. The first-order valence-corrected chi connectivity index (χ1v) is 11.2. The van der Waals surface area contributed by atoms with E-state index in [-0.39, 0.29) is 31.2 Å². The Hall–Kier alpha value is -1.84. The van der Waals surface area contributed by atoms with E-state index in [0.717, 1.165) is 15.6 Å². The molecule has 0 saturated carbocycles. The van der Waals surface area contributed by atoms with E-state index in [1.807, 2.05) is 19.9 Å². The normalized spacial score (nSPS) is 12.8. The summed E-state index contributed by atoms with van der Waals surface area (Å²) in [5.74, 6) is -3.33. The molecular weight excluding hydrogens is 570 g/mol. The number of imide groups is 1. The van der Waals surface area contributed by atoms with E-state index in [1.54, 1.807) is 6.07 Å². The van der Waals surface area contributed by atoms with Crippen molar-refractivity contribution in [2.45, 2.75) is 13.8 Å². The van der Waals surface area contributed by atoms with Crippen LogP contribution in [0.15, 0.2) is 16.6 Å². The van der Waals surface area contributed by atoms with E-state index in [9.17, 15) is 19.2 Å². The molecule has 1 heterocycles. The molecule has 0 aromatic heterocycles. The van der Waals surface area contributed by atoms with Gasteiger partial charge < -0.3 is 10.1 Å². The van der Waals surface area contributed by atoms with Gasteiger partial charge in [-0.05, 0) is 37.1 Å². The van der Waals surface area contributed by atoms with Crippen molar-refractivity contribution in [2.75, 3.05) is 18.5 Å². The lowest BCUT2D eigenvalue weighted by Crippen LogP contribution is -2.36. The van der Waals surface area contributed by atoms with Gasteiger partial charge in [0, 0.05) is 10.2 Å². The lowest BCUT2D eigenvalue weighted by molar-refractivity contribution is -0.147. The SMILES string of the molecule is Cc1cc(NC(=O)COC(=O)CN2C(=O)c3c(Cl)c(Cl)c(Cl)c(Cl)c3C2=O)c(C)cc1Br. The largest absolute Gasteiger partial charge is 0.454 e. The number of benzene rings is 2. The van der Waals surface area contributed by atoms with Crippen LogP contribution in [0.25, 0.3) is 0 Å². The van der Waals surface area contributed by atoms with Gasteiger partial charge in [0.15, 0.2) is 6.61 Å². The standard InChI is InChI=1S/C20H13BrCl4N2O5/c1-7-4-10(8(2)3-9(7)21)26-11(28)6-32-12(29)5-27-19(30)13-14(20(27)31)16(23)18(25)17(24)15(13)22/h3-4H,5-6H2,1-2H3,(H,26,28). The first kappa shape index (κ1) is 24.8. The number of ether oxygens (including phenoxy) is 1. The zero-order chi connectivity index (χ0) is 23.9. The first-order chi connectivity index (χ1) is 14.9. The molecule has 0 unspecified atom stereocenters. The van der Waals surface area contributed by atoms with Crippen LogP contribution in [0.3, 0.4) is 0 Å². The van der Waals surface area contributed by atoms with Crippen molar-refractivity contribution < 1.29 is 23.9 Å². The highest BCUT2D eigenvalue weighted by Gasteiger charge is 2.42. The van der Waals surface area contributed by atoms with Crippen LogP contribution in [0.5, 0.6) is 0 Å². The number of aryl methyl sites for hydroxylation is 2. The molecule has 2 aromatic rings. The highest BCUT2D eigenvalue weighted by atomic mass is 79.9. The van der Waals surface area contributed by atoms with Crippen LogP contribution >= 0.6 is 62.3 Å². The predicted octanol–water partition coefficient (Wildman–Crippen LogP) is 5.46. The topological polar surface area (TPSA) is 92.8 Å². The first-order valence-electron chi connectivity index (χ1n) is 8.88. The van der Waals surface area contributed by atoms with E-state index in [2.05, 4.69) is 21.2 Å². The zero-order valence-electron chi connectivity index (χ0n) is 16.4. The number of rotatable bonds is 5. The molecule has 1 aliphatic rings. The average molecular weight is 583 g/mol. The minimum atomic E-state index is -0.984. The summed E-state index contributed by atoms with van der Waals surface area (Å²) in [6.07, 6.45) is 0. The average Bonchev–Trinajstić information content (AvgIpc) is 2.98.